The van der Waals surface area contributed by atoms with Crippen molar-refractivity contribution in [2.24, 2.45) is 0 Å². The second kappa shape index (κ2) is 8.52. The number of sulfonamides is 1. The Morgan fingerprint density at radius 1 is 0.897 bits per heavy atom. The molecular formula is C20H23N3O5S. The highest BCUT2D eigenvalue weighted by atomic mass is 32.2. The van der Waals surface area contributed by atoms with Gasteiger partial charge in [0.2, 0.25) is 10.0 Å². The first-order chi connectivity index (χ1) is 13.8. The summed E-state index contributed by atoms with van der Waals surface area (Å²) in [4.78, 5) is 28.9. The lowest BCUT2D eigenvalue weighted by molar-refractivity contribution is 0.0533. The number of nitrogens with zero attached hydrogens (tertiary/aromatic N) is 2. The smallest absolute Gasteiger partial charge is 0.257 e. The zero-order valence-electron chi connectivity index (χ0n) is 16.3. The SMILES string of the molecule is COc1ccccc1C(=O)N1CCN(C(=O)c2ccc(NS(C)(=O)=O)cc2)CC1. The summed E-state index contributed by atoms with van der Waals surface area (Å²) in [7, 11) is -1.84. The predicted molar refractivity (Wildman–Crippen MR) is 110 cm³/mol. The first kappa shape index (κ1) is 20.7. The standard InChI is InChI=1S/C20H23N3O5S/c1-28-18-6-4-3-5-17(18)20(25)23-13-11-22(12-14-23)19(24)15-7-9-16(10-8-15)21-29(2,26)27/h3-10,21H,11-14H2,1-2H3. The number of para-hydroxylation sites is 1. The van der Waals surface area contributed by atoms with E-state index < -0.39 is 10.0 Å². The Kier molecular flexibility index (Phi) is 6.07. The van der Waals surface area contributed by atoms with Gasteiger partial charge in [0.05, 0.1) is 18.9 Å². The molecule has 1 fully saturated rings. The molecule has 0 aliphatic carbocycles. The van der Waals surface area contributed by atoms with Crippen LogP contribution in [0.3, 0.4) is 0 Å². The number of rotatable bonds is 5. The number of hydrogen-bond donors (Lipinski definition) is 1. The van der Waals surface area contributed by atoms with Gasteiger partial charge in [-0.15, -0.1) is 0 Å². The summed E-state index contributed by atoms with van der Waals surface area (Å²) in [5, 5.41) is 0. The van der Waals surface area contributed by atoms with Gasteiger partial charge in [-0.25, -0.2) is 8.42 Å². The molecule has 8 nitrogen and oxygen atoms in total. The summed E-state index contributed by atoms with van der Waals surface area (Å²) >= 11 is 0. The van der Waals surface area contributed by atoms with Gasteiger partial charge in [0.15, 0.2) is 0 Å². The van der Waals surface area contributed by atoms with E-state index in [1.807, 2.05) is 6.07 Å². The van der Waals surface area contributed by atoms with E-state index >= 15 is 0 Å². The molecule has 9 heteroatoms. The van der Waals surface area contributed by atoms with Crippen LogP contribution in [0.5, 0.6) is 5.75 Å². The van der Waals surface area contributed by atoms with Crippen LogP contribution in [0.2, 0.25) is 0 Å². The van der Waals surface area contributed by atoms with Gasteiger partial charge in [-0.1, -0.05) is 12.1 Å². The number of piperazine rings is 1. The number of benzene rings is 2. The van der Waals surface area contributed by atoms with Gasteiger partial charge >= 0.3 is 0 Å². The van der Waals surface area contributed by atoms with Crippen LogP contribution in [-0.2, 0) is 10.0 Å². The Labute approximate surface area is 170 Å². The van der Waals surface area contributed by atoms with Crippen molar-refractivity contribution in [3.8, 4) is 5.75 Å². The van der Waals surface area contributed by atoms with Crippen molar-refractivity contribution in [2.45, 2.75) is 0 Å². The number of carbonyl (C=O) groups is 2. The van der Waals surface area contributed by atoms with Crippen LogP contribution in [0.1, 0.15) is 20.7 Å². The quantitative estimate of drug-likeness (QED) is 0.798. The second-order valence-electron chi connectivity index (χ2n) is 6.74. The molecule has 3 rings (SSSR count). The normalized spacial score (nSPS) is 14.4. The molecule has 2 aromatic rings. The van der Waals surface area contributed by atoms with Crippen LogP contribution in [0.15, 0.2) is 48.5 Å². The molecule has 0 bridgehead atoms. The van der Waals surface area contributed by atoms with E-state index in [1.165, 1.54) is 7.11 Å². The van der Waals surface area contributed by atoms with Crippen molar-refractivity contribution < 1.29 is 22.7 Å². The third-order valence-electron chi connectivity index (χ3n) is 4.63. The van der Waals surface area contributed by atoms with Gasteiger partial charge < -0.3 is 14.5 Å². The van der Waals surface area contributed by atoms with Crippen LogP contribution in [0, 0.1) is 0 Å². The topological polar surface area (TPSA) is 96.0 Å². The number of nitrogens with one attached hydrogen (secondary N) is 1. The zero-order chi connectivity index (χ0) is 21.0. The van der Waals surface area contributed by atoms with Gasteiger partial charge in [-0.2, -0.15) is 0 Å². The molecular weight excluding hydrogens is 394 g/mol. The average Bonchev–Trinajstić information content (AvgIpc) is 2.72. The van der Waals surface area contributed by atoms with Crippen molar-refractivity contribution in [3.05, 3.63) is 59.7 Å². The molecule has 0 aromatic heterocycles. The molecule has 2 amide bonds. The summed E-state index contributed by atoms with van der Waals surface area (Å²) in [5.74, 6) is 0.254. The van der Waals surface area contributed by atoms with Gasteiger partial charge in [-0.3, -0.25) is 14.3 Å². The molecule has 29 heavy (non-hydrogen) atoms. The van der Waals surface area contributed by atoms with Crippen molar-refractivity contribution in [1.29, 1.82) is 0 Å². The lowest BCUT2D eigenvalue weighted by Crippen LogP contribution is -2.50. The molecule has 1 heterocycles. The Hall–Kier alpha value is -3.07. The number of anilines is 1. The summed E-state index contributed by atoms with van der Waals surface area (Å²) in [6.45, 7) is 1.69. The van der Waals surface area contributed by atoms with Crippen LogP contribution in [0.25, 0.3) is 0 Å². The summed E-state index contributed by atoms with van der Waals surface area (Å²) in [5.41, 5.74) is 1.37. The molecule has 1 aliphatic rings. The molecule has 1 aliphatic heterocycles. The highest BCUT2D eigenvalue weighted by Crippen LogP contribution is 2.20. The monoisotopic (exact) mass is 417 g/mol. The van der Waals surface area contributed by atoms with Crippen LogP contribution in [0.4, 0.5) is 5.69 Å². The molecule has 0 spiro atoms. The van der Waals surface area contributed by atoms with Crippen molar-refractivity contribution in [3.63, 3.8) is 0 Å². The van der Waals surface area contributed by atoms with E-state index in [2.05, 4.69) is 4.72 Å². The fourth-order valence-electron chi connectivity index (χ4n) is 3.18. The Morgan fingerprint density at radius 3 is 2.00 bits per heavy atom. The van der Waals surface area contributed by atoms with E-state index in [9.17, 15) is 18.0 Å². The molecule has 2 aromatic carbocycles. The number of amides is 2. The van der Waals surface area contributed by atoms with Crippen molar-refractivity contribution >= 4 is 27.5 Å². The largest absolute Gasteiger partial charge is 0.496 e. The number of ether oxygens (including phenoxy) is 1. The van der Waals surface area contributed by atoms with Crippen LogP contribution >= 0.6 is 0 Å². The van der Waals surface area contributed by atoms with E-state index in [0.717, 1.165) is 6.26 Å². The van der Waals surface area contributed by atoms with Crippen LogP contribution in [-0.4, -0.2) is 69.6 Å². The molecule has 1 N–H and O–H groups in total. The van der Waals surface area contributed by atoms with E-state index in [1.54, 1.807) is 52.3 Å². The van der Waals surface area contributed by atoms with Gasteiger partial charge in [0.25, 0.3) is 11.8 Å². The Bertz CT molecular complexity index is 997. The lowest BCUT2D eigenvalue weighted by Gasteiger charge is -2.35. The highest BCUT2D eigenvalue weighted by Gasteiger charge is 2.26. The van der Waals surface area contributed by atoms with Gasteiger partial charge in [-0.05, 0) is 36.4 Å². The van der Waals surface area contributed by atoms with Gasteiger partial charge in [0, 0.05) is 37.4 Å². The number of carbonyl (C=O) groups excluding carboxylic acids is 2. The zero-order valence-corrected chi connectivity index (χ0v) is 17.1. The van der Waals surface area contributed by atoms with E-state index in [4.69, 9.17) is 4.74 Å². The van der Waals surface area contributed by atoms with Crippen molar-refractivity contribution in [2.75, 3.05) is 44.3 Å². The molecule has 0 saturated carbocycles. The number of hydrogen-bond acceptors (Lipinski definition) is 5. The maximum atomic E-state index is 12.8. The Balaban J connectivity index is 1.61. The molecule has 0 radical (unpaired) electrons. The molecule has 1 saturated heterocycles. The fourth-order valence-corrected chi connectivity index (χ4v) is 3.75. The van der Waals surface area contributed by atoms with Crippen LogP contribution < -0.4 is 9.46 Å². The third-order valence-corrected chi connectivity index (χ3v) is 5.23. The average molecular weight is 417 g/mol. The molecule has 0 atom stereocenters. The maximum Gasteiger partial charge on any atom is 0.257 e. The Morgan fingerprint density at radius 2 is 1.45 bits per heavy atom. The van der Waals surface area contributed by atoms with E-state index in [-0.39, 0.29) is 11.8 Å². The van der Waals surface area contributed by atoms with Crippen molar-refractivity contribution in [1.82, 2.24) is 9.80 Å². The highest BCUT2D eigenvalue weighted by molar-refractivity contribution is 7.92. The maximum absolute atomic E-state index is 12.8. The molecule has 154 valence electrons. The minimum atomic E-state index is -3.36. The van der Waals surface area contributed by atoms with Gasteiger partial charge in [0.1, 0.15) is 5.75 Å². The first-order valence-electron chi connectivity index (χ1n) is 9.08. The lowest BCUT2D eigenvalue weighted by atomic mass is 10.1. The minimum absolute atomic E-state index is 0.120. The summed E-state index contributed by atoms with van der Waals surface area (Å²) < 4.78 is 30.2. The second-order valence-corrected chi connectivity index (χ2v) is 8.48. The summed E-state index contributed by atoms with van der Waals surface area (Å²) in [6.07, 6.45) is 1.07. The third kappa shape index (κ3) is 5.05. The minimum Gasteiger partial charge on any atom is -0.496 e. The fraction of sp³-hybridized carbons (Fsp3) is 0.300. The summed E-state index contributed by atoms with van der Waals surface area (Å²) in [6, 6.07) is 13.3. The molecule has 0 unspecified atom stereocenters. The predicted octanol–water partition coefficient (Wildman–Crippen LogP) is 1.66. The van der Waals surface area contributed by atoms with E-state index in [0.29, 0.717) is 48.7 Å². The first-order valence-corrected chi connectivity index (χ1v) is 11.0. The number of methoxy groups -OCH3 is 1.